The first-order valence-electron chi connectivity index (χ1n) is 7.92. The van der Waals surface area contributed by atoms with Crippen LogP contribution in [0.2, 0.25) is 5.02 Å². The van der Waals surface area contributed by atoms with Gasteiger partial charge in [0.2, 0.25) is 5.89 Å². The summed E-state index contributed by atoms with van der Waals surface area (Å²) in [5, 5.41) is 11.8. The Hall–Kier alpha value is -2.70. The van der Waals surface area contributed by atoms with Gasteiger partial charge in [-0.15, -0.1) is 16.4 Å². The van der Waals surface area contributed by atoms with Crippen LogP contribution in [-0.4, -0.2) is 16.1 Å². The molecular formula is C19H14ClN3O2S. The zero-order valence-corrected chi connectivity index (χ0v) is 15.6. The van der Waals surface area contributed by atoms with Gasteiger partial charge < -0.3 is 4.42 Å². The summed E-state index contributed by atoms with van der Waals surface area (Å²) in [6.45, 7) is 4.00. The fraction of sp³-hybridized carbons (Fsp3) is 0.105. The molecular weight excluding hydrogens is 370 g/mol. The normalized spacial score (nSPS) is 11.0. The van der Waals surface area contributed by atoms with E-state index in [9.17, 15) is 4.79 Å². The molecule has 0 spiro atoms. The fourth-order valence-electron chi connectivity index (χ4n) is 2.80. The van der Waals surface area contributed by atoms with E-state index in [1.165, 1.54) is 11.3 Å². The maximum absolute atomic E-state index is 12.5. The van der Waals surface area contributed by atoms with Crippen molar-refractivity contribution in [2.45, 2.75) is 13.8 Å². The molecule has 2 heterocycles. The number of amides is 1. The molecule has 130 valence electrons. The molecule has 0 aliphatic rings. The van der Waals surface area contributed by atoms with E-state index in [0.29, 0.717) is 15.8 Å². The third-order valence-corrected chi connectivity index (χ3v) is 5.53. The first-order chi connectivity index (χ1) is 12.5. The van der Waals surface area contributed by atoms with Crippen molar-refractivity contribution in [3.05, 3.63) is 63.5 Å². The average molecular weight is 384 g/mol. The molecule has 0 fully saturated rings. The molecule has 7 heteroatoms. The van der Waals surface area contributed by atoms with E-state index in [1.807, 2.05) is 50.2 Å². The van der Waals surface area contributed by atoms with Crippen LogP contribution in [0.1, 0.15) is 20.8 Å². The Morgan fingerprint density at radius 2 is 1.85 bits per heavy atom. The van der Waals surface area contributed by atoms with Crippen LogP contribution in [0.4, 0.5) is 6.01 Å². The monoisotopic (exact) mass is 383 g/mol. The summed E-state index contributed by atoms with van der Waals surface area (Å²) in [4.78, 5) is 13.0. The van der Waals surface area contributed by atoms with Crippen LogP contribution in [0.15, 0.2) is 46.9 Å². The highest BCUT2D eigenvalue weighted by molar-refractivity contribution is 7.21. The van der Waals surface area contributed by atoms with Crippen LogP contribution < -0.4 is 5.32 Å². The summed E-state index contributed by atoms with van der Waals surface area (Å²) >= 11 is 7.66. The van der Waals surface area contributed by atoms with Gasteiger partial charge in [-0.2, -0.15) is 0 Å². The molecule has 0 aliphatic carbocycles. The SMILES string of the molecule is Cc1cc(C)cc(-c2nnc(NC(=O)c3sc4ccccc4c3Cl)o2)c1. The summed E-state index contributed by atoms with van der Waals surface area (Å²) in [5.41, 5.74) is 3.01. The molecule has 2 aromatic carbocycles. The van der Waals surface area contributed by atoms with E-state index in [-0.39, 0.29) is 11.9 Å². The third kappa shape index (κ3) is 3.09. The molecule has 4 rings (SSSR count). The van der Waals surface area contributed by atoms with Gasteiger partial charge in [-0.05, 0) is 32.0 Å². The summed E-state index contributed by atoms with van der Waals surface area (Å²) < 4.78 is 6.54. The second kappa shape index (κ2) is 6.55. The molecule has 0 aliphatic heterocycles. The van der Waals surface area contributed by atoms with Gasteiger partial charge in [0.25, 0.3) is 5.91 Å². The number of thiophene rings is 1. The topological polar surface area (TPSA) is 68.0 Å². The van der Waals surface area contributed by atoms with E-state index in [4.69, 9.17) is 16.0 Å². The van der Waals surface area contributed by atoms with Crippen molar-refractivity contribution < 1.29 is 9.21 Å². The molecule has 26 heavy (non-hydrogen) atoms. The number of rotatable bonds is 3. The Bertz CT molecular complexity index is 1110. The Balaban J connectivity index is 1.60. The largest absolute Gasteiger partial charge is 0.403 e. The number of benzene rings is 2. The van der Waals surface area contributed by atoms with Crippen molar-refractivity contribution in [1.82, 2.24) is 10.2 Å². The lowest BCUT2D eigenvalue weighted by molar-refractivity contribution is 0.102. The van der Waals surface area contributed by atoms with Gasteiger partial charge in [0.15, 0.2) is 0 Å². The number of nitrogens with one attached hydrogen (secondary N) is 1. The smallest absolute Gasteiger partial charge is 0.322 e. The zero-order valence-electron chi connectivity index (χ0n) is 14.0. The molecule has 2 aromatic heterocycles. The van der Waals surface area contributed by atoms with E-state index < -0.39 is 0 Å². The number of hydrogen-bond donors (Lipinski definition) is 1. The summed E-state index contributed by atoms with van der Waals surface area (Å²) in [6, 6.07) is 13.6. The van der Waals surface area contributed by atoms with E-state index >= 15 is 0 Å². The van der Waals surface area contributed by atoms with Gasteiger partial charge in [-0.25, -0.2) is 0 Å². The highest BCUT2D eigenvalue weighted by atomic mass is 35.5. The number of anilines is 1. The van der Waals surface area contributed by atoms with Gasteiger partial charge in [0.1, 0.15) is 4.88 Å². The number of fused-ring (bicyclic) bond motifs is 1. The molecule has 0 atom stereocenters. The van der Waals surface area contributed by atoms with Crippen LogP contribution in [0.5, 0.6) is 0 Å². The Morgan fingerprint density at radius 1 is 1.12 bits per heavy atom. The number of carbonyl (C=O) groups is 1. The number of hydrogen-bond acceptors (Lipinski definition) is 5. The number of aryl methyl sites for hydroxylation is 2. The lowest BCUT2D eigenvalue weighted by Crippen LogP contribution is -2.10. The van der Waals surface area contributed by atoms with Gasteiger partial charge in [-0.3, -0.25) is 10.1 Å². The molecule has 0 saturated carbocycles. The lowest BCUT2D eigenvalue weighted by Gasteiger charge is -2.00. The van der Waals surface area contributed by atoms with Crippen LogP contribution in [0, 0.1) is 13.8 Å². The lowest BCUT2D eigenvalue weighted by atomic mass is 10.1. The van der Waals surface area contributed by atoms with Crippen molar-refractivity contribution in [2.75, 3.05) is 5.32 Å². The van der Waals surface area contributed by atoms with Gasteiger partial charge in [-0.1, -0.05) is 52.1 Å². The molecule has 0 saturated heterocycles. The summed E-state index contributed by atoms with van der Waals surface area (Å²) in [7, 11) is 0. The van der Waals surface area contributed by atoms with Crippen molar-refractivity contribution in [1.29, 1.82) is 0 Å². The van der Waals surface area contributed by atoms with E-state index in [1.54, 1.807) is 0 Å². The third-order valence-electron chi connectivity index (χ3n) is 3.86. The Morgan fingerprint density at radius 3 is 2.58 bits per heavy atom. The van der Waals surface area contributed by atoms with E-state index in [2.05, 4.69) is 21.6 Å². The fourth-order valence-corrected chi connectivity index (χ4v) is 4.21. The van der Waals surface area contributed by atoms with Crippen molar-refractivity contribution >= 4 is 44.9 Å². The second-order valence-electron chi connectivity index (χ2n) is 5.98. The van der Waals surface area contributed by atoms with E-state index in [0.717, 1.165) is 26.8 Å². The quantitative estimate of drug-likeness (QED) is 0.509. The van der Waals surface area contributed by atoms with Crippen molar-refractivity contribution in [3.63, 3.8) is 0 Å². The predicted molar refractivity (Wildman–Crippen MR) is 104 cm³/mol. The molecule has 0 bridgehead atoms. The predicted octanol–water partition coefficient (Wildman–Crippen LogP) is 5.47. The molecule has 0 unspecified atom stereocenters. The van der Waals surface area contributed by atoms with Crippen molar-refractivity contribution in [2.24, 2.45) is 0 Å². The maximum Gasteiger partial charge on any atom is 0.322 e. The second-order valence-corrected chi connectivity index (χ2v) is 7.41. The first-order valence-corrected chi connectivity index (χ1v) is 9.11. The average Bonchev–Trinajstić information content (AvgIpc) is 3.19. The number of nitrogens with zero attached hydrogens (tertiary/aromatic N) is 2. The minimum Gasteiger partial charge on any atom is -0.403 e. The van der Waals surface area contributed by atoms with Gasteiger partial charge in [0.05, 0.1) is 5.02 Å². The molecule has 0 radical (unpaired) electrons. The van der Waals surface area contributed by atoms with Crippen molar-refractivity contribution in [3.8, 4) is 11.5 Å². The highest BCUT2D eigenvalue weighted by Gasteiger charge is 2.19. The highest BCUT2D eigenvalue weighted by Crippen LogP contribution is 2.35. The maximum atomic E-state index is 12.5. The standard InChI is InChI=1S/C19H14ClN3O2S/c1-10-7-11(2)9-12(8-10)18-22-23-19(25-18)21-17(24)16-15(20)13-5-3-4-6-14(13)26-16/h3-9H,1-2H3,(H,21,23,24). The van der Waals surface area contributed by atoms with Crippen LogP contribution in [-0.2, 0) is 0 Å². The van der Waals surface area contributed by atoms with Crippen LogP contribution in [0.3, 0.4) is 0 Å². The van der Waals surface area contributed by atoms with Gasteiger partial charge >= 0.3 is 6.01 Å². The minimum atomic E-state index is -0.369. The molecule has 1 N–H and O–H groups in total. The number of halogens is 1. The van der Waals surface area contributed by atoms with Gasteiger partial charge in [0, 0.05) is 15.6 Å². The summed E-state index contributed by atoms with van der Waals surface area (Å²) in [5.74, 6) is -0.0126. The first kappa shape index (κ1) is 16.8. The molecule has 5 nitrogen and oxygen atoms in total. The summed E-state index contributed by atoms with van der Waals surface area (Å²) in [6.07, 6.45) is 0. The van der Waals surface area contributed by atoms with Crippen LogP contribution >= 0.6 is 22.9 Å². The minimum absolute atomic E-state index is 0.0395. The zero-order chi connectivity index (χ0) is 18.3. The number of aromatic nitrogens is 2. The Labute approximate surface area is 158 Å². The molecule has 1 amide bonds. The van der Waals surface area contributed by atoms with Crippen LogP contribution in [0.25, 0.3) is 21.5 Å². The number of carbonyl (C=O) groups excluding carboxylic acids is 1. The Kier molecular flexibility index (Phi) is 4.22. The molecule has 4 aromatic rings.